The predicted octanol–water partition coefficient (Wildman–Crippen LogP) is 4.21. The van der Waals surface area contributed by atoms with Gasteiger partial charge in [0.15, 0.2) is 9.84 Å². The predicted molar refractivity (Wildman–Crippen MR) is 87.3 cm³/mol. The summed E-state index contributed by atoms with van der Waals surface area (Å²) in [6, 6.07) is 6.30. The van der Waals surface area contributed by atoms with Gasteiger partial charge in [0.1, 0.15) is 21.5 Å². The van der Waals surface area contributed by atoms with Crippen LogP contribution in [0, 0.1) is 11.6 Å². The summed E-state index contributed by atoms with van der Waals surface area (Å²) in [5.74, 6) is -1.49. The van der Waals surface area contributed by atoms with Crippen LogP contribution in [0.5, 0.6) is 0 Å². The van der Waals surface area contributed by atoms with Crippen molar-refractivity contribution < 1.29 is 17.2 Å². The topological polar surface area (TPSA) is 47.0 Å². The van der Waals surface area contributed by atoms with Crippen LogP contribution < -0.4 is 0 Å². The summed E-state index contributed by atoms with van der Waals surface area (Å²) in [6.07, 6.45) is 0.998. The summed E-state index contributed by atoms with van der Waals surface area (Å²) in [7, 11) is -3.54. The van der Waals surface area contributed by atoms with Gasteiger partial charge in [0, 0.05) is 16.8 Å². The van der Waals surface area contributed by atoms with Crippen molar-refractivity contribution in [3.05, 3.63) is 62.3 Å². The maximum atomic E-state index is 13.3. The lowest BCUT2D eigenvalue weighted by atomic mass is 10.1. The molecule has 0 aliphatic carbocycles. The van der Waals surface area contributed by atoms with Crippen molar-refractivity contribution in [2.24, 2.45) is 0 Å². The number of nitrogens with zero attached hydrogens (tertiary/aromatic N) is 1. The lowest BCUT2D eigenvalue weighted by molar-refractivity contribution is 0.572. The van der Waals surface area contributed by atoms with Gasteiger partial charge in [0.05, 0.1) is 5.69 Å². The number of hydrogen-bond acceptors (Lipinski definition) is 3. The molecule has 1 unspecified atom stereocenters. The second-order valence-electron chi connectivity index (χ2n) is 4.80. The first kappa shape index (κ1) is 17.5. The number of aromatic nitrogens is 1. The molecule has 8 heteroatoms. The molecule has 0 radical (unpaired) electrons. The van der Waals surface area contributed by atoms with Crippen LogP contribution in [0.15, 0.2) is 39.4 Å². The maximum Gasteiger partial charge on any atom is 0.156 e. The van der Waals surface area contributed by atoms with Gasteiger partial charge in [-0.2, -0.15) is 0 Å². The molecular weight excluding hydrogens is 444 g/mol. The fourth-order valence-electron chi connectivity index (χ4n) is 2.05. The van der Waals surface area contributed by atoms with Crippen molar-refractivity contribution in [2.75, 3.05) is 6.26 Å². The number of benzene rings is 1. The second kappa shape index (κ2) is 6.72. The van der Waals surface area contributed by atoms with Crippen LogP contribution in [0.4, 0.5) is 8.78 Å². The number of pyridine rings is 1. The van der Waals surface area contributed by atoms with E-state index in [4.69, 9.17) is 0 Å². The molecule has 1 aromatic carbocycles. The van der Waals surface area contributed by atoms with E-state index < -0.39 is 26.7 Å². The van der Waals surface area contributed by atoms with Gasteiger partial charge in [0.2, 0.25) is 0 Å². The smallest absolute Gasteiger partial charge is 0.156 e. The maximum absolute atomic E-state index is 13.3. The molecule has 0 fully saturated rings. The molecule has 1 atom stereocenters. The summed E-state index contributed by atoms with van der Waals surface area (Å²) in [5.41, 5.74) is 0.545. The van der Waals surface area contributed by atoms with Crippen LogP contribution in [-0.4, -0.2) is 19.7 Å². The zero-order chi connectivity index (χ0) is 16.5. The Hall–Kier alpha value is -0.860. The molecule has 1 aromatic heterocycles. The summed E-state index contributed by atoms with van der Waals surface area (Å²) < 4.78 is 51.8. The van der Waals surface area contributed by atoms with E-state index in [0.717, 1.165) is 24.5 Å². The lowest BCUT2D eigenvalue weighted by Crippen LogP contribution is -2.17. The van der Waals surface area contributed by atoms with Crippen LogP contribution in [-0.2, 0) is 16.3 Å². The van der Waals surface area contributed by atoms with Crippen LogP contribution in [0.25, 0.3) is 0 Å². The van der Waals surface area contributed by atoms with Gasteiger partial charge < -0.3 is 0 Å². The summed E-state index contributed by atoms with van der Waals surface area (Å²) in [5, 5.41) is -1.01. The number of sulfone groups is 1. The van der Waals surface area contributed by atoms with Crippen molar-refractivity contribution in [3.63, 3.8) is 0 Å². The highest BCUT2D eigenvalue weighted by Gasteiger charge is 2.27. The van der Waals surface area contributed by atoms with Gasteiger partial charge in [0.25, 0.3) is 0 Å². The molecule has 0 N–H and O–H groups in total. The molecule has 2 aromatic rings. The Morgan fingerprint density at radius 2 is 1.73 bits per heavy atom. The molecule has 0 saturated carbocycles. The van der Waals surface area contributed by atoms with E-state index in [-0.39, 0.29) is 12.0 Å². The molecule has 0 bridgehead atoms. The van der Waals surface area contributed by atoms with E-state index >= 15 is 0 Å². The fourth-order valence-corrected chi connectivity index (χ4v) is 4.10. The first-order valence-corrected chi connectivity index (χ1v) is 9.66. The minimum absolute atomic E-state index is 0.0738. The number of halogens is 4. The van der Waals surface area contributed by atoms with Gasteiger partial charge in [-0.1, -0.05) is 0 Å². The quantitative estimate of drug-likeness (QED) is 0.650. The largest absolute Gasteiger partial charge is 0.243 e. The van der Waals surface area contributed by atoms with E-state index in [9.17, 15) is 17.2 Å². The fraction of sp³-hybridized carbons (Fsp3) is 0.214. The highest BCUT2D eigenvalue weighted by atomic mass is 79.9. The molecule has 0 amide bonds. The molecule has 0 aliphatic rings. The molecular formula is C14H11Br2F2NO2S. The van der Waals surface area contributed by atoms with E-state index in [0.29, 0.717) is 14.8 Å². The third-order valence-corrected chi connectivity index (χ3v) is 5.54. The highest BCUT2D eigenvalue weighted by Crippen LogP contribution is 2.31. The Morgan fingerprint density at radius 1 is 1.14 bits per heavy atom. The number of rotatable bonds is 4. The Kier molecular flexibility index (Phi) is 5.34. The van der Waals surface area contributed by atoms with Gasteiger partial charge in [-0.05, 0) is 68.1 Å². The average Bonchev–Trinajstić information content (AvgIpc) is 2.37. The summed E-state index contributed by atoms with van der Waals surface area (Å²) >= 11 is 6.46. The van der Waals surface area contributed by atoms with Gasteiger partial charge in [-0.3, -0.25) is 0 Å². The molecule has 2 rings (SSSR count). The summed E-state index contributed by atoms with van der Waals surface area (Å²) in [4.78, 5) is 4.18. The monoisotopic (exact) mass is 453 g/mol. The van der Waals surface area contributed by atoms with E-state index in [1.165, 1.54) is 0 Å². The highest BCUT2D eigenvalue weighted by molar-refractivity contribution is 9.11. The molecule has 22 heavy (non-hydrogen) atoms. The Balaban J connectivity index is 2.50. The normalized spacial score (nSPS) is 13.1. The molecule has 118 valence electrons. The van der Waals surface area contributed by atoms with Crippen LogP contribution in [0.1, 0.15) is 16.5 Å². The first-order valence-electron chi connectivity index (χ1n) is 6.12. The van der Waals surface area contributed by atoms with E-state index in [1.807, 2.05) is 0 Å². The van der Waals surface area contributed by atoms with Crippen LogP contribution in [0.2, 0.25) is 0 Å². The zero-order valence-electron chi connectivity index (χ0n) is 11.4. The average molecular weight is 455 g/mol. The van der Waals surface area contributed by atoms with Gasteiger partial charge in [-0.25, -0.2) is 22.2 Å². The molecule has 0 saturated heterocycles. The Morgan fingerprint density at radius 3 is 2.27 bits per heavy atom. The third kappa shape index (κ3) is 4.33. The first-order chi connectivity index (χ1) is 10.2. The van der Waals surface area contributed by atoms with Crippen LogP contribution >= 0.6 is 31.9 Å². The Bertz CT molecular complexity index is 792. The van der Waals surface area contributed by atoms with Crippen molar-refractivity contribution >= 4 is 41.7 Å². The standard InChI is InChI=1S/C14H11Br2F2NO2S/c1-22(20,21)12(14-11(15)2-3-13(16)19-14)6-8-4-9(17)7-10(18)5-8/h2-5,7,12H,6H2,1H3. The van der Waals surface area contributed by atoms with Crippen molar-refractivity contribution in [3.8, 4) is 0 Å². The van der Waals surface area contributed by atoms with E-state index in [2.05, 4.69) is 36.8 Å². The van der Waals surface area contributed by atoms with Gasteiger partial charge >= 0.3 is 0 Å². The SMILES string of the molecule is CS(=O)(=O)C(Cc1cc(F)cc(F)c1)c1nc(Br)ccc1Br. The minimum atomic E-state index is -3.54. The summed E-state index contributed by atoms with van der Waals surface area (Å²) in [6.45, 7) is 0. The zero-order valence-corrected chi connectivity index (χ0v) is 15.3. The number of hydrogen-bond donors (Lipinski definition) is 0. The molecule has 1 heterocycles. The van der Waals surface area contributed by atoms with Crippen molar-refractivity contribution in [1.82, 2.24) is 4.98 Å². The van der Waals surface area contributed by atoms with Gasteiger partial charge in [-0.15, -0.1) is 0 Å². The molecule has 0 spiro atoms. The Labute approximate surface area is 143 Å². The molecule has 0 aliphatic heterocycles. The minimum Gasteiger partial charge on any atom is -0.243 e. The van der Waals surface area contributed by atoms with Crippen LogP contribution in [0.3, 0.4) is 0 Å². The second-order valence-corrected chi connectivity index (χ2v) is 8.70. The van der Waals surface area contributed by atoms with E-state index in [1.54, 1.807) is 12.1 Å². The third-order valence-electron chi connectivity index (χ3n) is 3.00. The van der Waals surface area contributed by atoms with Crippen molar-refractivity contribution in [2.45, 2.75) is 11.7 Å². The molecule has 3 nitrogen and oxygen atoms in total. The lowest BCUT2D eigenvalue weighted by Gasteiger charge is -2.16. The van der Waals surface area contributed by atoms with Crippen molar-refractivity contribution in [1.29, 1.82) is 0 Å².